The minimum atomic E-state index is -0.617. The first kappa shape index (κ1) is 9.45. The van der Waals surface area contributed by atoms with E-state index in [1.165, 1.54) is 12.1 Å². The molecule has 1 aromatic rings. The second kappa shape index (κ2) is 3.85. The second-order valence-electron chi connectivity index (χ2n) is 2.43. The van der Waals surface area contributed by atoms with Crippen LogP contribution in [0.4, 0.5) is 4.39 Å². The quantitative estimate of drug-likeness (QED) is 0.740. The van der Waals surface area contributed by atoms with Gasteiger partial charge in [0.05, 0.1) is 17.7 Å². The molecule has 4 heteroatoms. The van der Waals surface area contributed by atoms with Gasteiger partial charge in [-0.25, -0.2) is 4.39 Å². The van der Waals surface area contributed by atoms with Crippen LogP contribution in [0.3, 0.4) is 0 Å². The van der Waals surface area contributed by atoms with Crippen molar-refractivity contribution in [2.24, 2.45) is 5.73 Å². The molecule has 0 amide bonds. The van der Waals surface area contributed by atoms with Gasteiger partial charge in [0.1, 0.15) is 5.82 Å². The Balaban J connectivity index is 3.07. The summed E-state index contributed by atoms with van der Waals surface area (Å²) in [6.07, 6.45) is 0. The minimum Gasteiger partial charge on any atom is -0.394 e. The lowest BCUT2D eigenvalue weighted by Crippen LogP contribution is -2.15. The van der Waals surface area contributed by atoms with E-state index in [1.807, 2.05) is 0 Å². The Morgan fingerprint density at radius 2 is 2.25 bits per heavy atom. The summed E-state index contributed by atoms with van der Waals surface area (Å²) in [7, 11) is 0. The van der Waals surface area contributed by atoms with Gasteiger partial charge in [-0.05, 0) is 11.6 Å². The number of hydrogen-bond acceptors (Lipinski definition) is 2. The Hall–Kier alpha value is -0.640. The van der Waals surface area contributed by atoms with Gasteiger partial charge in [-0.2, -0.15) is 0 Å². The molecule has 0 aliphatic carbocycles. The highest BCUT2D eigenvalue weighted by atomic mass is 35.5. The molecule has 2 nitrogen and oxygen atoms in total. The van der Waals surface area contributed by atoms with E-state index in [4.69, 9.17) is 22.4 Å². The molecule has 66 valence electrons. The van der Waals surface area contributed by atoms with Crippen molar-refractivity contribution in [3.63, 3.8) is 0 Å². The molecule has 0 saturated heterocycles. The average molecular weight is 190 g/mol. The summed E-state index contributed by atoms with van der Waals surface area (Å²) in [4.78, 5) is 0. The second-order valence-corrected chi connectivity index (χ2v) is 2.81. The van der Waals surface area contributed by atoms with Crippen molar-refractivity contribution in [3.05, 3.63) is 34.6 Å². The van der Waals surface area contributed by atoms with E-state index in [9.17, 15) is 4.39 Å². The van der Waals surface area contributed by atoms with Gasteiger partial charge in [0, 0.05) is 0 Å². The van der Waals surface area contributed by atoms with Crippen LogP contribution in [0.2, 0.25) is 5.02 Å². The number of nitrogens with two attached hydrogens (primary N) is 1. The molecule has 1 aromatic carbocycles. The summed E-state index contributed by atoms with van der Waals surface area (Å²) in [6, 6.07) is 3.72. The predicted octanol–water partition coefficient (Wildman–Crippen LogP) is 1.47. The molecule has 0 bridgehead atoms. The number of aliphatic hydroxyl groups excluding tert-OH is 1. The van der Waals surface area contributed by atoms with Crippen LogP contribution < -0.4 is 5.73 Å². The standard InChI is InChI=1S/C8H9ClFNO/c9-8-5(7(11)4-12)2-1-3-6(8)10/h1-3,7,12H,4,11H2. The molecule has 0 spiro atoms. The van der Waals surface area contributed by atoms with Crippen molar-refractivity contribution in [1.82, 2.24) is 0 Å². The zero-order chi connectivity index (χ0) is 9.14. The Labute approximate surface area is 74.8 Å². The largest absolute Gasteiger partial charge is 0.394 e. The monoisotopic (exact) mass is 189 g/mol. The van der Waals surface area contributed by atoms with Crippen LogP contribution >= 0.6 is 11.6 Å². The Morgan fingerprint density at radius 3 is 2.83 bits per heavy atom. The van der Waals surface area contributed by atoms with Crippen molar-refractivity contribution < 1.29 is 9.50 Å². The zero-order valence-corrected chi connectivity index (χ0v) is 7.05. The fourth-order valence-corrected chi connectivity index (χ4v) is 1.17. The van der Waals surface area contributed by atoms with E-state index in [0.717, 1.165) is 0 Å². The average Bonchev–Trinajstić information content (AvgIpc) is 2.08. The van der Waals surface area contributed by atoms with Crippen LogP contribution in [-0.2, 0) is 0 Å². The molecule has 0 aromatic heterocycles. The highest BCUT2D eigenvalue weighted by Gasteiger charge is 2.11. The molecule has 0 aliphatic rings. The van der Waals surface area contributed by atoms with Crippen LogP contribution in [-0.4, -0.2) is 11.7 Å². The third kappa shape index (κ3) is 1.75. The summed E-state index contributed by atoms with van der Waals surface area (Å²) in [5, 5.41) is 8.68. The van der Waals surface area contributed by atoms with Gasteiger partial charge in [0.2, 0.25) is 0 Å². The molecule has 0 heterocycles. The predicted molar refractivity (Wildman–Crippen MR) is 45.4 cm³/mol. The molecule has 0 radical (unpaired) electrons. The summed E-state index contributed by atoms with van der Waals surface area (Å²) in [6.45, 7) is -0.247. The van der Waals surface area contributed by atoms with Crippen molar-refractivity contribution in [3.8, 4) is 0 Å². The van der Waals surface area contributed by atoms with E-state index in [0.29, 0.717) is 5.56 Å². The highest BCUT2D eigenvalue weighted by Crippen LogP contribution is 2.23. The highest BCUT2D eigenvalue weighted by molar-refractivity contribution is 6.31. The maximum atomic E-state index is 12.8. The van der Waals surface area contributed by atoms with Crippen LogP contribution in [0.5, 0.6) is 0 Å². The Bertz CT molecular complexity index is 280. The number of hydrogen-bond donors (Lipinski definition) is 2. The van der Waals surface area contributed by atoms with Crippen LogP contribution in [0.15, 0.2) is 18.2 Å². The minimum absolute atomic E-state index is 0.0148. The van der Waals surface area contributed by atoms with E-state index >= 15 is 0 Å². The van der Waals surface area contributed by atoms with Crippen LogP contribution in [0.25, 0.3) is 0 Å². The fraction of sp³-hybridized carbons (Fsp3) is 0.250. The fourth-order valence-electron chi connectivity index (χ4n) is 0.905. The van der Waals surface area contributed by atoms with Crippen molar-refractivity contribution in [1.29, 1.82) is 0 Å². The van der Waals surface area contributed by atoms with Gasteiger partial charge < -0.3 is 10.8 Å². The smallest absolute Gasteiger partial charge is 0.142 e. The molecule has 0 fully saturated rings. The first-order valence-corrected chi connectivity index (χ1v) is 3.85. The Kier molecular flexibility index (Phi) is 3.03. The number of rotatable bonds is 2. The van der Waals surface area contributed by atoms with E-state index in [1.54, 1.807) is 6.07 Å². The maximum Gasteiger partial charge on any atom is 0.142 e. The van der Waals surface area contributed by atoms with Gasteiger partial charge in [0.15, 0.2) is 0 Å². The number of halogens is 2. The molecule has 0 aliphatic heterocycles. The SMILES string of the molecule is NC(CO)c1cccc(F)c1Cl. The van der Waals surface area contributed by atoms with Crippen LogP contribution in [0, 0.1) is 5.82 Å². The summed E-state index contributed by atoms with van der Waals surface area (Å²) in [5.41, 5.74) is 5.89. The number of aliphatic hydroxyl groups is 1. The molecule has 0 saturated carbocycles. The van der Waals surface area contributed by atoms with Gasteiger partial charge in [-0.1, -0.05) is 23.7 Å². The first-order chi connectivity index (χ1) is 5.66. The zero-order valence-electron chi connectivity index (χ0n) is 6.30. The molecule has 3 N–H and O–H groups in total. The van der Waals surface area contributed by atoms with Crippen molar-refractivity contribution in [2.75, 3.05) is 6.61 Å². The summed E-state index contributed by atoms with van der Waals surface area (Å²) < 4.78 is 12.8. The van der Waals surface area contributed by atoms with Crippen molar-refractivity contribution >= 4 is 11.6 Å². The number of benzene rings is 1. The lowest BCUT2D eigenvalue weighted by molar-refractivity contribution is 0.268. The first-order valence-electron chi connectivity index (χ1n) is 3.47. The molecule has 1 rings (SSSR count). The van der Waals surface area contributed by atoms with Gasteiger partial charge in [-0.3, -0.25) is 0 Å². The lowest BCUT2D eigenvalue weighted by atomic mass is 10.1. The summed E-state index contributed by atoms with van der Waals surface area (Å²) >= 11 is 5.60. The summed E-state index contributed by atoms with van der Waals surface area (Å²) in [5.74, 6) is -0.516. The van der Waals surface area contributed by atoms with Crippen molar-refractivity contribution in [2.45, 2.75) is 6.04 Å². The molecule has 1 unspecified atom stereocenters. The van der Waals surface area contributed by atoms with E-state index in [-0.39, 0.29) is 11.6 Å². The van der Waals surface area contributed by atoms with E-state index < -0.39 is 11.9 Å². The molecule has 12 heavy (non-hydrogen) atoms. The molecular formula is C8H9ClFNO. The Morgan fingerprint density at radius 1 is 1.58 bits per heavy atom. The molecular weight excluding hydrogens is 181 g/mol. The maximum absolute atomic E-state index is 12.8. The van der Waals surface area contributed by atoms with Gasteiger partial charge in [0.25, 0.3) is 0 Å². The van der Waals surface area contributed by atoms with Gasteiger partial charge in [-0.15, -0.1) is 0 Å². The normalized spacial score (nSPS) is 13.0. The molecule has 1 atom stereocenters. The van der Waals surface area contributed by atoms with Crippen LogP contribution in [0.1, 0.15) is 11.6 Å². The third-order valence-corrected chi connectivity index (χ3v) is 1.98. The lowest BCUT2D eigenvalue weighted by Gasteiger charge is -2.10. The van der Waals surface area contributed by atoms with E-state index in [2.05, 4.69) is 0 Å². The third-order valence-electron chi connectivity index (χ3n) is 1.58. The topological polar surface area (TPSA) is 46.2 Å². The van der Waals surface area contributed by atoms with Gasteiger partial charge >= 0.3 is 0 Å².